The first-order valence-electron chi connectivity index (χ1n) is 31.1. The number of carbonyl (C=O) groups is 1. The highest BCUT2D eigenvalue weighted by atomic mass is 31.2. The second-order valence-electron chi connectivity index (χ2n) is 21.7. The maximum Gasteiger partial charge on any atom is 0.472 e. The third-order valence-electron chi connectivity index (χ3n) is 13.1. The van der Waals surface area contributed by atoms with Crippen molar-refractivity contribution in [3.8, 4) is 0 Å². The average Bonchev–Trinajstić information content (AvgIpc) is 3.39. The fourth-order valence-corrected chi connectivity index (χ4v) is 9.02. The number of phosphoric acid groups is 1. The molecule has 0 fully saturated rings. The molecule has 1 amide bonds. The predicted molar refractivity (Wildman–Crippen MR) is 336 cm³/mol. The first kappa shape index (κ1) is 73.6. The fraction of sp³-hybridized carbons (Fsp3) is 0.662. The Morgan fingerprint density at radius 3 is 1.19 bits per heavy atom. The summed E-state index contributed by atoms with van der Waals surface area (Å²) < 4.78 is 23.7. The molecule has 0 aromatic carbocycles. The van der Waals surface area contributed by atoms with Gasteiger partial charge in [-0.15, -0.1) is 0 Å². The number of nitrogens with zero attached hydrogens (tertiary/aromatic N) is 1. The summed E-state index contributed by atoms with van der Waals surface area (Å²) >= 11 is 0. The van der Waals surface area contributed by atoms with Crippen LogP contribution in [0.3, 0.4) is 0 Å². The van der Waals surface area contributed by atoms with Crippen molar-refractivity contribution in [3.63, 3.8) is 0 Å². The number of phosphoric ester groups is 1. The van der Waals surface area contributed by atoms with Crippen molar-refractivity contribution in [2.45, 2.75) is 251 Å². The minimum atomic E-state index is -4.36. The Balaban J connectivity index is 4.06. The second kappa shape index (κ2) is 57.3. The number of hydrogen-bond donors (Lipinski definition) is 3. The Kier molecular flexibility index (Phi) is 54.8. The van der Waals surface area contributed by atoms with Crippen LogP contribution in [-0.2, 0) is 18.4 Å². The molecular formula is C68H118N2O6P+. The third-order valence-corrected chi connectivity index (χ3v) is 14.1. The van der Waals surface area contributed by atoms with Crippen LogP contribution in [0.2, 0.25) is 0 Å². The molecule has 0 aromatic rings. The molecule has 3 N–H and O–H groups in total. The van der Waals surface area contributed by atoms with Gasteiger partial charge in [0.1, 0.15) is 13.2 Å². The van der Waals surface area contributed by atoms with Crippen molar-refractivity contribution < 1.29 is 32.9 Å². The molecular weight excluding hydrogens is 972 g/mol. The first-order chi connectivity index (χ1) is 37.5. The van der Waals surface area contributed by atoms with Crippen molar-refractivity contribution in [1.82, 2.24) is 5.32 Å². The molecule has 77 heavy (non-hydrogen) atoms. The molecule has 3 atom stereocenters. The predicted octanol–water partition coefficient (Wildman–Crippen LogP) is 19.5. The van der Waals surface area contributed by atoms with Crippen LogP contribution in [0.4, 0.5) is 0 Å². The summed E-state index contributed by atoms with van der Waals surface area (Å²) in [4.78, 5) is 23.3. The van der Waals surface area contributed by atoms with E-state index in [0.717, 1.165) is 96.3 Å². The van der Waals surface area contributed by atoms with E-state index >= 15 is 0 Å². The molecule has 8 nitrogen and oxygen atoms in total. The molecule has 3 unspecified atom stereocenters. The smallest absolute Gasteiger partial charge is 0.387 e. The number of likely N-dealkylation sites (N-methyl/N-ethyl adjacent to an activating group) is 1. The minimum Gasteiger partial charge on any atom is -0.387 e. The molecule has 0 bridgehead atoms. The molecule has 0 radical (unpaired) electrons. The summed E-state index contributed by atoms with van der Waals surface area (Å²) in [5.41, 5.74) is 0. The maximum absolute atomic E-state index is 13.0. The summed E-state index contributed by atoms with van der Waals surface area (Å²) in [6, 6.07) is -0.871. The van der Waals surface area contributed by atoms with E-state index in [1.54, 1.807) is 6.08 Å². The molecule has 0 aromatic heterocycles. The summed E-state index contributed by atoms with van der Waals surface area (Å²) in [7, 11) is 1.54. The van der Waals surface area contributed by atoms with Gasteiger partial charge in [-0.25, -0.2) is 4.57 Å². The van der Waals surface area contributed by atoms with Gasteiger partial charge in [0.15, 0.2) is 0 Å². The number of quaternary nitrogens is 1. The molecule has 0 rings (SSSR count). The Morgan fingerprint density at radius 1 is 0.455 bits per heavy atom. The van der Waals surface area contributed by atoms with E-state index in [4.69, 9.17) is 9.05 Å². The van der Waals surface area contributed by atoms with E-state index < -0.39 is 20.0 Å². The summed E-state index contributed by atoms with van der Waals surface area (Å²) in [6.07, 6.45) is 87.2. The van der Waals surface area contributed by atoms with Gasteiger partial charge < -0.3 is 19.8 Å². The van der Waals surface area contributed by atoms with Gasteiger partial charge in [-0.1, -0.05) is 263 Å². The third kappa shape index (κ3) is 60.1. The molecule has 0 heterocycles. The Bertz CT molecular complexity index is 1710. The van der Waals surface area contributed by atoms with Gasteiger partial charge in [0.2, 0.25) is 5.91 Å². The minimum absolute atomic E-state index is 0.0508. The molecule has 0 aliphatic heterocycles. The molecule has 440 valence electrons. The summed E-state index contributed by atoms with van der Waals surface area (Å²) in [5, 5.41) is 13.9. The number of hydrogen-bond acceptors (Lipinski definition) is 5. The summed E-state index contributed by atoms with van der Waals surface area (Å²) in [6.45, 7) is 4.66. The normalized spacial score (nSPS) is 14.7. The van der Waals surface area contributed by atoms with Gasteiger partial charge in [0.25, 0.3) is 0 Å². The number of nitrogens with one attached hydrogen (secondary N) is 1. The van der Waals surface area contributed by atoms with Crippen molar-refractivity contribution in [2.75, 3.05) is 40.9 Å². The van der Waals surface area contributed by atoms with Crippen LogP contribution in [-0.4, -0.2) is 73.4 Å². The van der Waals surface area contributed by atoms with Gasteiger partial charge in [-0.2, -0.15) is 0 Å². The zero-order chi connectivity index (χ0) is 56.3. The zero-order valence-corrected chi connectivity index (χ0v) is 51.0. The number of allylic oxidation sites excluding steroid dienone is 21. The van der Waals surface area contributed by atoms with Gasteiger partial charge in [0.05, 0.1) is 39.9 Å². The Hall–Kier alpha value is -3.36. The number of rotatable bonds is 55. The lowest BCUT2D eigenvalue weighted by molar-refractivity contribution is -0.870. The molecule has 0 spiro atoms. The molecule has 0 aliphatic carbocycles. The Morgan fingerprint density at radius 2 is 0.792 bits per heavy atom. The molecule has 0 saturated heterocycles. The number of carbonyl (C=O) groups excluding carboxylic acids is 1. The largest absolute Gasteiger partial charge is 0.472 e. The van der Waals surface area contributed by atoms with E-state index in [1.807, 2.05) is 27.2 Å². The van der Waals surface area contributed by atoms with Crippen LogP contribution < -0.4 is 5.32 Å². The number of aliphatic hydroxyl groups excluding tert-OH is 1. The van der Waals surface area contributed by atoms with Gasteiger partial charge >= 0.3 is 7.82 Å². The van der Waals surface area contributed by atoms with Crippen LogP contribution in [0.25, 0.3) is 0 Å². The van der Waals surface area contributed by atoms with Crippen LogP contribution in [0, 0.1) is 0 Å². The molecule has 9 heteroatoms. The lowest BCUT2D eigenvalue weighted by atomic mass is 10.0. The van der Waals surface area contributed by atoms with E-state index in [1.165, 1.54) is 122 Å². The van der Waals surface area contributed by atoms with E-state index in [-0.39, 0.29) is 19.1 Å². The zero-order valence-electron chi connectivity index (χ0n) is 50.1. The number of amides is 1. The van der Waals surface area contributed by atoms with Crippen LogP contribution >= 0.6 is 7.82 Å². The van der Waals surface area contributed by atoms with E-state index in [9.17, 15) is 19.4 Å². The maximum atomic E-state index is 13.0. The molecule has 0 aliphatic rings. The van der Waals surface area contributed by atoms with Gasteiger partial charge in [-0.05, 0) is 103 Å². The van der Waals surface area contributed by atoms with Crippen LogP contribution in [0.1, 0.15) is 239 Å². The fourth-order valence-electron chi connectivity index (χ4n) is 8.29. The highest BCUT2D eigenvalue weighted by Gasteiger charge is 2.27. The topological polar surface area (TPSA) is 105 Å². The quantitative estimate of drug-likeness (QED) is 0.0243. The standard InChI is InChI=1S/C68H117N2O6P/c1-6-8-10-12-14-16-18-20-22-23-24-25-26-27-28-29-30-31-32-33-34-35-36-37-38-39-40-41-42-43-44-45-46-47-48-50-52-54-56-58-60-62-68(72)69-66(65-76-77(73,74)75-64-63-70(3,4)5)67(71)61-59-57-55-53-51-49-21-19-17-15-13-11-9-7-2/h8,10,14,16,20,22,24-25,27-28,30-31,33-34,36-37,39-40,51,53,59,61,66-67,71H,6-7,9,11-13,15,17-19,21,23,26,29,32,35,38,41-50,52,54-58,60,62-65H2,1-5H3,(H-,69,72,73,74)/p+1/b10-8-,16-14-,22-20-,25-24-,28-27-,31-30-,34-33-,37-36-,40-39-,53-51+,61-59+. The highest BCUT2D eigenvalue weighted by Crippen LogP contribution is 2.43. The number of aliphatic hydroxyl groups is 1. The summed E-state index contributed by atoms with van der Waals surface area (Å²) in [5.74, 6) is -0.193. The Labute approximate surface area is 475 Å². The highest BCUT2D eigenvalue weighted by molar-refractivity contribution is 7.47. The van der Waals surface area contributed by atoms with E-state index in [2.05, 4.69) is 141 Å². The van der Waals surface area contributed by atoms with Crippen molar-refractivity contribution >= 4 is 13.7 Å². The molecule has 0 saturated carbocycles. The van der Waals surface area contributed by atoms with Gasteiger partial charge in [-0.3, -0.25) is 13.8 Å². The second-order valence-corrected chi connectivity index (χ2v) is 23.1. The van der Waals surface area contributed by atoms with Crippen LogP contribution in [0.5, 0.6) is 0 Å². The first-order valence-corrected chi connectivity index (χ1v) is 32.6. The van der Waals surface area contributed by atoms with Crippen molar-refractivity contribution in [3.05, 3.63) is 134 Å². The van der Waals surface area contributed by atoms with E-state index in [0.29, 0.717) is 17.4 Å². The average molecular weight is 1090 g/mol. The van der Waals surface area contributed by atoms with Gasteiger partial charge in [0, 0.05) is 6.42 Å². The van der Waals surface area contributed by atoms with Crippen molar-refractivity contribution in [2.24, 2.45) is 0 Å². The number of unbranched alkanes of at least 4 members (excludes halogenated alkanes) is 22. The van der Waals surface area contributed by atoms with Crippen LogP contribution in [0.15, 0.2) is 134 Å². The monoisotopic (exact) mass is 1090 g/mol. The van der Waals surface area contributed by atoms with Crippen molar-refractivity contribution in [1.29, 1.82) is 0 Å². The SMILES string of the molecule is CC/C=C\C/C=C\C/C=C\C/C=C\C/C=C\C/C=C\C/C=C\C/C=C\C/C=C\CCCCCCCCCCCCCCCC(=O)NC(COP(=O)(O)OCC[N+](C)(C)C)C(O)/C=C/CC/C=C/CCCCCCCCCC. The lowest BCUT2D eigenvalue weighted by Gasteiger charge is -2.25. The lowest BCUT2D eigenvalue weighted by Crippen LogP contribution is -2.45.